The van der Waals surface area contributed by atoms with Crippen LogP contribution in [0.15, 0.2) is 0 Å². The van der Waals surface area contributed by atoms with Gasteiger partial charge < -0.3 is 4.74 Å². The molecule has 1 heterocycles. The normalized spacial score (nSPS) is 30.3. The molecule has 0 N–H and O–H groups in total. The molecule has 110 valence electrons. The highest BCUT2D eigenvalue weighted by Gasteiger charge is 2.42. The zero-order valence-corrected chi connectivity index (χ0v) is 12.8. The van der Waals surface area contributed by atoms with Crippen molar-refractivity contribution < 1.29 is 9.53 Å². The number of hydrogen-bond donors (Lipinski definition) is 0. The Bertz CT molecular complexity index is 308. The predicted molar refractivity (Wildman–Crippen MR) is 77.2 cm³/mol. The van der Waals surface area contributed by atoms with Crippen molar-refractivity contribution in [2.75, 3.05) is 26.3 Å². The fraction of sp³-hybridized carbons (Fsp3) is 0.938. The second kappa shape index (κ2) is 6.36. The van der Waals surface area contributed by atoms with E-state index in [1.54, 1.807) is 0 Å². The van der Waals surface area contributed by atoms with Crippen molar-refractivity contribution in [1.82, 2.24) is 4.90 Å². The van der Waals surface area contributed by atoms with Crippen LogP contribution >= 0.6 is 0 Å². The maximum atomic E-state index is 13.0. The summed E-state index contributed by atoms with van der Waals surface area (Å²) in [4.78, 5) is 15.3. The first-order valence-electron chi connectivity index (χ1n) is 7.94. The molecule has 2 aliphatic rings. The average molecular weight is 267 g/mol. The number of hydrogen-bond acceptors (Lipinski definition) is 3. The van der Waals surface area contributed by atoms with E-state index >= 15 is 0 Å². The van der Waals surface area contributed by atoms with Crippen LogP contribution in [0.1, 0.15) is 52.9 Å². The molecule has 1 saturated heterocycles. The van der Waals surface area contributed by atoms with E-state index in [1.807, 2.05) is 0 Å². The van der Waals surface area contributed by atoms with Crippen LogP contribution in [0.25, 0.3) is 0 Å². The molecule has 3 nitrogen and oxygen atoms in total. The molecule has 3 heteroatoms. The van der Waals surface area contributed by atoms with E-state index < -0.39 is 0 Å². The van der Waals surface area contributed by atoms with Gasteiger partial charge in [0.1, 0.15) is 0 Å². The molecule has 1 saturated carbocycles. The van der Waals surface area contributed by atoms with Crippen molar-refractivity contribution in [2.24, 2.45) is 11.8 Å². The zero-order valence-electron chi connectivity index (χ0n) is 12.8. The van der Waals surface area contributed by atoms with Gasteiger partial charge in [0.2, 0.25) is 0 Å². The largest absolute Gasteiger partial charge is 0.379 e. The molecule has 0 aromatic rings. The van der Waals surface area contributed by atoms with Crippen LogP contribution in [0.5, 0.6) is 0 Å². The molecular weight excluding hydrogens is 238 g/mol. The molecule has 0 aromatic carbocycles. The van der Waals surface area contributed by atoms with Crippen LogP contribution in [0.3, 0.4) is 0 Å². The summed E-state index contributed by atoms with van der Waals surface area (Å²) in [5, 5.41) is 0. The standard InChI is InChI=1S/C16H29NO2/c1-4-13-7-5-6-8-14(13)15(18)16(2,3)17-9-11-19-12-10-17/h13-14H,4-12H2,1-3H3. The van der Waals surface area contributed by atoms with Crippen LogP contribution in [-0.2, 0) is 9.53 Å². The first-order chi connectivity index (χ1) is 9.07. The first-order valence-corrected chi connectivity index (χ1v) is 7.94. The van der Waals surface area contributed by atoms with Crippen molar-refractivity contribution in [3.8, 4) is 0 Å². The number of carbonyl (C=O) groups is 1. The van der Waals surface area contributed by atoms with E-state index in [2.05, 4.69) is 25.7 Å². The lowest BCUT2D eigenvalue weighted by Crippen LogP contribution is -2.57. The smallest absolute Gasteiger partial charge is 0.155 e. The second-order valence-electron chi connectivity index (χ2n) is 6.58. The second-order valence-corrected chi connectivity index (χ2v) is 6.58. The number of ether oxygens (including phenoxy) is 1. The van der Waals surface area contributed by atoms with E-state index in [9.17, 15) is 4.79 Å². The van der Waals surface area contributed by atoms with Crippen LogP contribution < -0.4 is 0 Å². The minimum atomic E-state index is -0.320. The topological polar surface area (TPSA) is 29.5 Å². The zero-order chi connectivity index (χ0) is 13.9. The Morgan fingerprint density at radius 1 is 1.21 bits per heavy atom. The molecule has 0 bridgehead atoms. The van der Waals surface area contributed by atoms with Crippen molar-refractivity contribution in [3.05, 3.63) is 0 Å². The average Bonchev–Trinajstić information content (AvgIpc) is 2.47. The SMILES string of the molecule is CCC1CCCCC1C(=O)C(C)(C)N1CCOCC1. The van der Waals surface area contributed by atoms with E-state index in [0.717, 1.165) is 39.1 Å². The molecule has 2 atom stereocenters. The van der Waals surface area contributed by atoms with Gasteiger partial charge in [0.05, 0.1) is 18.8 Å². The monoisotopic (exact) mass is 267 g/mol. The summed E-state index contributed by atoms with van der Waals surface area (Å²) in [6, 6.07) is 0. The Morgan fingerprint density at radius 3 is 2.47 bits per heavy atom. The molecule has 0 radical (unpaired) electrons. The third kappa shape index (κ3) is 3.19. The van der Waals surface area contributed by atoms with E-state index in [-0.39, 0.29) is 11.5 Å². The molecule has 19 heavy (non-hydrogen) atoms. The summed E-state index contributed by atoms with van der Waals surface area (Å²) in [6.45, 7) is 9.77. The lowest BCUT2D eigenvalue weighted by Gasteiger charge is -2.43. The maximum absolute atomic E-state index is 13.0. The highest BCUT2D eigenvalue weighted by atomic mass is 16.5. The quantitative estimate of drug-likeness (QED) is 0.784. The van der Waals surface area contributed by atoms with Gasteiger partial charge in [-0.2, -0.15) is 0 Å². The minimum absolute atomic E-state index is 0.289. The summed E-state index contributed by atoms with van der Waals surface area (Å²) in [5.41, 5.74) is -0.320. The molecule has 0 spiro atoms. The molecule has 1 aliphatic heterocycles. The van der Waals surface area contributed by atoms with E-state index in [1.165, 1.54) is 19.3 Å². The Labute approximate surface area is 117 Å². The molecule has 2 unspecified atom stereocenters. The number of morpholine rings is 1. The summed E-state index contributed by atoms with van der Waals surface area (Å²) in [5.74, 6) is 1.37. The van der Waals surface area contributed by atoms with Crippen LogP contribution in [0.2, 0.25) is 0 Å². The third-order valence-corrected chi connectivity index (χ3v) is 5.17. The number of ketones is 1. The van der Waals surface area contributed by atoms with Gasteiger partial charge >= 0.3 is 0 Å². The van der Waals surface area contributed by atoms with Gasteiger partial charge in [-0.1, -0.05) is 26.2 Å². The van der Waals surface area contributed by atoms with Crippen LogP contribution in [-0.4, -0.2) is 42.5 Å². The molecule has 1 aliphatic carbocycles. The third-order valence-electron chi connectivity index (χ3n) is 5.17. The Hall–Kier alpha value is -0.410. The van der Waals surface area contributed by atoms with Gasteiger partial charge in [0.25, 0.3) is 0 Å². The Morgan fingerprint density at radius 2 is 1.84 bits per heavy atom. The van der Waals surface area contributed by atoms with E-state index in [0.29, 0.717) is 11.7 Å². The van der Waals surface area contributed by atoms with Crippen molar-refractivity contribution in [1.29, 1.82) is 0 Å². The summed E-state index contributed by atoms with van der Waals surface area (Å²) in [7, 11) is 0. The van der Waals surface area contributed by atoms with Crippen molar-refractivity contribution in [3.63, 3.8) is 0 Å². The highest BCUT2D eigenvalue weighted by Crippen LogP contribution is 2.36. The minimum Gasteiger partial charge on any atom is -0.379 e. The maximum Gasteiger partial charge on any atom is 0.155 e. The summed E-state index contributed by atoms with van der Waals surface area (Å²) < 4.78 is 5.41. The molecule has 0 amide bonds. The van der Waals surface area contributed by atoms with E-state index in [4.69, 9.17) is 4.74 Å². The van der Waals surface area contributed by atoms with Crippen molar-refractivity contribution in [2.45, 2.75) is 58.4 Å². The number of carbonyl (C=O) groups excluding carboxylic acids is 1. The van der Waals surface area contributed by atoms with Crippen LogP contribution in [0.4, 0.5) is 0 Å². The fourth-order valence-corrected chi connectivity index (χ4v) is 3.77. The van der Waals surface area contributed by atoms with Crippen LogP contribution in [0, 0.1) is 11.8 Å². The Balaban J connectivity index is 2.07. The van der Waals surface area contributed by atoms with Crippen molar-refractivity contribution >= 4 is 5.78 Å². The number of rotatable bonds is 4. The lowest BCUT2D eigenvalue weighted by molar-refractivity contribution is -0.139. The Kier molecular flexibility index (Phi) is 5.02. The lowest BCUT2D eigenvalue weighted by atomic mass is 9.71. The molecular formula is C16H29NO2. The number of Topliss-reactive ketones (excluding diaryl/α,β-unsaturated/α-hetero) is 1. The molecule has 0 aromatic heterocycles. The van der Waals surface area contributed by atoms with Gasteiger partial charge in [-0.3, -0.25) is 9.69 Å². The molecule has 2 fully saturated rings. The van der Waals surface area contributed by atoms with Gasteiger partial charge in [0.15, 0.2) is 5.78 Å². The van der Waals surface area contributed by atoms with Gasteiger partial charge in [0, 0.05) is 19.0 Å². The predicted octanol–water partition coefficient (Wildman–Crippen LogP) is 2.88. The summed E-state index contributed by atoms with van der Waals surface area (Å²) >= 11 is 0. The van der Waals surface area contributed by atoms with Gasteiger partial charge in [-0.15, -0.1) is 0 Å². The van der Waals surface area contributed by atoms with Gasteiger partial charge in [-0.25, -0.2) is 0 Å². The van der Waals surface area contributed by atoms with Gasteiger partial charge in [-0.05, 0) is 32.6 Å². The molecule has 2 rings (SSSR count). The first kappa shape index (κ1) is 15.0. The number of nitrogens with zero attached hydrogens (tertiary/aromatic N) is 1. The summed E-state index contributed by atoms with van der Waals surface area (Å²) in [6.07, 6.45) is 6.03. The highest BCUT2D eigenvalue weighted by molar-refractivity contribution is 5.90. The fourth-order valence-electron chi connectivity index (χ4n) is 3.77.